The van der Waals surface area contributed by atoms with Crippen LogP contribution in [0, 0.1) is 0 Å². The van der Waals surface area contributed by atoms with Crippen LogP contribution in [0.1, 0.15) is 36.5 Å². The molecule has 0 bridgehead atoms. The quantitative estimate of drug-likeness (QED) is 0.211. The van der Waals surface area contributed by atoms with Gasteiger partial charge in [0, 0.05) is 16.6 Å². The van der Waals surface area contributed by atoms with Crippen LogP contribution >= 0.6 is 15.9 Å². The van der Waals surface area contributed by atoms with Gasteiger partial charge in [0.05, 0.1) is 0 Å². The Labute approximate surface area is 195 Å². The van der Waals surface area contributed by atoms with Gasteiger partial charge in [0.25, 0.3) is 11.8 Å². The number of hydrogen-bond acceptors (Lipinski definition) is 4. The van der Waals surface area contributed by atoms with Gasteiger partial charge in [-0.3, -0.25) is 20.2 Å². The third kappa shape index (κ3) is 8.97. The maximum absolute atomic E-state index is 11.9. The van der Waals surface area contributed by atoms with Gasteiger partial charge in [-0.15, -0.1) is 10.2 Å². The van der Waals surface area contributed by atoms with Crippen LogP contribution in [-0.2, 0) is 9.59 Å². The Morgan fingerprint density at radius 2 is 1.41 bits per heavy atom. The lowest BCUT2D eigenvalue weighted by atomic mass is 10.0. The van der Waals surface area contributed by atoms with E-state index in [2.05, 4.69) is 50.6 Å². The van der Waals surface area contributed by atoms with Crippen molar-refractivity contribution < 1.29 is 9.59 Å². The smallest absolute Gasteiger partial charge is 0.250 e. The summed E-state index contributed by atoms with van der Waals surface area (Å²) in [6.07, 6.45) is 5.90. The molecule has 0 spiro atoms. The molecule has 2 amide bonds. The fourth-order valence-electron chi connectivity index (χ4n) is 2.44. The zero-order valence-corrected chi connectivity index (χ0v) is 19.3. The number of carbonyl (C=O) groups is 2. The predicted octanol–water partition coefficient (Wildman–Crippen LogP) is 3.08. The molecule has 0 aliphatic rings. The van der Waals surface area contributed by atoms with Crippen LogP contribution in [-0.4, -0.2) is 23.7 Å². The molecule has 8 nitrogen and oxygen atoms in total. The SMILES string of the molecule is CC(C)c1ccc(C=CC(=O)NC(N)=NN=C(N)NC(=O)C=Cc2cccc(Br)c2)cc1. The second-order valence-electron chi connectivity index (χ2n) is 6.99. The Morgan fingerprint density at radius 1 is 0.875 bits per heavy atom. The van der Waals surface area contributed by atoms with Crippen LogP contribution in [0.25, 0.3) is 12.2 Å². The zero-order valence-electron chi connectivity index (χ0n) is 17.7. The van der Waals surface area contributed by atoms with Crippen molar-refractivity contribution >= 4 is 51.8 Å². The fraction of sp³-hybridized carbons (Fsp3) is 0.130. The van der Waals surface area contributed by atoms with Crippen LogP contribution in [0.4, 0.5) is 0 Å². The molecule has 2 aromatic carbocycles. The highest BCUT2D eigenvalue weighted by molar-refractivity contribution is 9.10. The van der Waals surface area contributed by atoms with Gasteiger partial charge in [0.1, 0.15) is 0 Å². The average molecular weight is 497 g/mol. The van der Waals surface area contributed by atoms with E-state index in [-0.39, 0.29) is 11.9 Å². The van der Waals surface area contributed by atoms with E-state index >= 15 is 0 Å². The van der Waals surface area contributed by atoms with Gasteiger partial charge < -0.3 is 11.5 Å². The van der Waals surface area contributed by atoms with E-state index in [1.165, 1.54) is 17.7 Å². The van der Waals surface area contributed by atoms with Gasteiger partial charge in [0.15, 0.2) is 0 Å². The molecule has 0 aliphatic carbocycles. The molecule has 2 rings (SSSR count). The zero-order chi connectivity index (χ0) is 23.5. The van der Waals surface area contributed by atoms with E-state index in [1.54, 1.807) is 12.2 Å². The molecule has 32 heavy (non-hydrogen) atoms. The lowest BCUT2D eigenvalue weighted by Gasteiger charge is -2.04. The van der Waals surface area contributed by atoms with Gasteiger partial charge in [-0.25, -0.2) is 0 Å². The summed E-state index contributed by atoms with van der Waals surface area (Å²) in [6, 6.07) is 15.3. The molecule has 0 atom stereocenters. The molecule has 2 aromatic rings. The van der Waals surface area contributed by atoms with Crippen molar-refractivity contribution in [3.8, 4) is 0 Å². The Morgan fingerprint density at radius 3 is 1.91 bits per heavy atom. The summed E-state index contributed by atoms with van der Waals surface area (Å²) in [5.41, 5.74) is 14.1. The van der Waals surface area contributed by atoms with Crippen LogP contribution in [0.15, 0.2) is 75.4 Å². The van der Waals surface area contributed by atoms with E-state index in [4.69, 9.17) is 11.5 Å². The summed E-state index contributed by atoms with van der Waals surface area (Å²) in [5.74, 6) is -1.07. The first-order chi connectivity index (χ1) is 15.2. The van der Waals surface area contributed by atoms with Crippen molar-refractivity contribution in [1.82, 2.24) is 10.6 Å². The van der Waals surface area contributed by atoms with Gasteiger partial charge >= 0.3 is 0 Å². The maximum Gasteiger partial charge on any atom is 0.250 e. The molecule has 0 aromatic heterocycles. The molecule has 6 N–H and O–H groups in total. The molecule has 0 heterocycles. The monoisotopic (exact) mass is 496 g/mol. The minimum atomic E-state index is -0.490. The number of guanidine groups is 2. The van der Waals surface area contributed by atoms with Crippen molar-refractivity contribution in [2.75, 3.05) is 0 Å². The van der Waals surface area contributed by atoms with E-state index < -0.39 is 11.8 Å². The highest BCUT2D eigenvalue weighted by atomic mass is 79.9. The number of nitrogens with one attached hydrogen (secondary N) is 2. The Bertz CT molecular complexity index is 1070. The average Bonchev–Trinajstić information content (AvgIpc) is 2.75. The first-order valence-electron chi connectivity index (χ1n) is 9.73. The van der Waals surface area contributed by atoms with Gasteiger partial charge in [-0.2, -0.15) is 0 Å². The topological polar surface area (TPSA) is 135 Å². The highest BCUT2D eigenvalue weighted by Gasteiger charge is 2.02. The standard InChI is InChI=1S/C23H25BrN6O2/c1-15(2)18-10-6-16(7-11-18)8-12-20(31)27-22(25)29-30-23(26)28-21(32)13-9-17-4-3-5-19(24)14-17/h3-15H,1-2H3,(H3,25,27,29,31)(H3,26,28,30,32). The van der Waals surface area contributed by atoms with Crippen LogP contribution in [0.3, 0.4) is 0 Å². The summed E-state index contributed by atoms with van der Waals surface area (Å²) >= 11 is 3.35. The number of halogens is 1. The number of rotatable bonds is 6. The summed E-state index contributed by atoms with van der Waals surface area (Å²) in [6.45, 7) is 4.23. The van der Waals surface area contributed by atoms with Crippen molar-refractivity contribution in [2.24, 2.45) is 21.7 Å². The van der Waals surface area contributed by atoms with Crippen LogP contribution in [0.5, 0.6) is 0 Å². The van der Waals surface area contributed by atoms with Crippen molar-refractivity contribution in [3.63, 3.8) is 0 Å². The third-order valence-corrected chi connectivity index (χ3v) is 4.57. The second kappa shape index (κ2) is 12.2. The Kier molecular flexibility index (Phi) is 9.37. The number of nitrogens with zero attached hydrogens (tertiary/aromatic N) is 2. The predicted molar refractivity (Wildman–Crippen MR) is 132 cm³/mol. The van der Waals surface area contributed by atoms with Crippen molar-refractivity contribution in [3.05, 3.63) is 81.8 Å². The Hall–Kier alpha value is -3.72. The maximum atomic E-state index is 11.9. The molecule has 0 fully saturated rings. The normalized spacial score (nSPS) is 12.5. The summed E-state index contributed by atoms with van der Waals surface area (Å²) in [5, 5.41) is 11.8. The molecule has 0 aliphatic heterocycles. The summed E-state index contributed by atoms with van der Waals surface area (Å²) in [4.78, 5) is 23.8. The molecule has 9 heteroatoms. The summed E-state index contributed by atoms with van der Waals surface area (Å²) < 4.78 is 0.895. The minimum absolute atomic E-state index is 0.267. The molecular formula is C23H25BrN6O2. The highest BCUT2D eigenvalue weighted by Crippen LogP contribution is 2.15. The first kappa shape index (κ1) is 24.5. The van der Waals surface area contributed by atoms with E-state index in [0.29, 0.717) is 5.92 Å². The molecule has 0 saturated heterocycles. The fourth-order valence-corrected chi connectivity index (χ4v) is 2.86. The largest absolute Gasteiger partial charge is 0.368 e. The Balaban J connectivity index is 1.85. The van der Waals surface area contributed by atoms with Gasteiger partial charge in [-0.1, -0.05) is 66.2 Å². The number of carbonyl (C=O) groups excluding carboxylic acids is 2. The molecular weight excluding hydrogens is 472 g/mol. The molecule has 0 saturated carbocycles. The van der Waals surface area contributed by atoms with Gasteiger partial charge in [-0.05, 0) is 46.9 Å². The summed E-state index contributed by atoms with van der Waals surface area (Å²) in [7, 11) is 0. The second-order valence-corrected chi connectivity index (χ2v) is 7.91. The van der Waals surface area contributed by atoms with Crippen molar-refractivity contribution in [2.45, 2.75) is 19.8 Å². The molecule has 0 unspecified atom stereocenters. The number of hydrogen-bond donors (Lipinski definition) is 4. The van der Waals surface area contributed by atoms with E-state index in [9.17, 15) is 9.59 Å². The molecule has 166 valence electrons. The van der Waals surface area contributed by atoms with E-state index in [1.807, 2.05) is 48.5 Å². The lowest BCUT2D eigenvalue weighted by Crippen LogP contribution is -2.37. The van der Waals surface area contributed by atoms with Crippen LogP contribution in [0.2, 0.25) is 0 Å². The first-order valence-corrected chi connectivity index (χ1v) is 10.5. The number of amides is 2. The number of nitrogens with two attached hydrogens (primary N) is 2. The number of benzene rings is 2. The van der Waals surface area contributed by atoms with Gasteiger partial charge in [0.2, 0.25) is 11.9 Å². The van der Waals surface area contributed by atoms with E-state index in [0.717, 1.165) is 15.6 Å². The minimum Gasteiger partial charge on any atom is -0.368 e. The molecule has 0 radical (unpaired) electrons. The van der Waals surface area contributed by atoms with Crippen LogP contribution < -0.4 is 22.1 Å². The lowest BCUT2D eigenvalue weighted by molar-refractivity contribution is -0.116. The van der Waals surface area contributed by atoms with Crippen molar-refractivity contribution in [1.29, 1.82) is 0 Å². The third-order valence-electron chi connectivity index (χ3n) is 4.07.